The topological polar surface area (TPSA) is 0 Å². The Bertz CT molecular complexity index is 52.5. The lowest BCUT2D eigenvalue weighted by molar-refractivity contribution is 0.645. The summed E-state index contributed by atoms with van der Waals surface area (Å²) in [5.41, 5.74) is 0. The van der Waals surface area contributed by atoms with Crippen LogP contribution in [0, 0.1) is 5.92 Å². The van der Waals surface area contributed by atoms with Crippen molar-refractivity contribution in [2.75, 3.05) is 6.26 Å². The van der Waals surface area contributed by atoms with Gasteiger partial charge >= 0.3 is 0 Å². The Morgan fingerprint density at radius 3 is 1.75 bits per heavy atom. The summed E-state index contributed by atoms with van der Waals surface area (Å²) in [5, 5.41) is 0.796. The Morgan fingerprint density at radius 2 is 1.62 bits per heavy atom. The molecule has 0 unspecified atom stereocenters. The first kappa shape index (κ1) is 8.70. The van der Waals surface area contributed by atoms with Gasteiger partial charge in [-0.1, -0.05) is 42.4 Å². The van der Waals surface area contributed by atoms with Gasteiger partial charge in [0, 0.05) is 5.25 Å². The molecule has 8 heavy (non-hydrogen) atoms. The van der Waals surface area contributed by atoms with Gasteiger partial charge in [0.15, 0.2) is 0 Å². The van der Waals surface area contributed by atoms with Crippen molar-refractivity contribution >= 4 is 21.6 Å². The highest BCUT2D eigenvalue weighted by atomic mass is 33.1. The molecule has 0 saturated carbocycles. The highest BCUT2D eigenvalue weighted by Crippen LogP contribution is 2.27. The molecule has 0 radical (unpaired) electrons. The third-order valence-corrected chi connectivity index (χ3v) is 3.72. The predicted octanol–water partition coefficient (Wildman–Crippen LogP) is 3.04. The molecule has 0 bridgehead atoms. The molecule has 1 atom stereocenters. The molecule has 0 N–H and O–H groups in total. The maximum Gasteiger partial charge on any atom is 0.0146 e. The minimum atomic E-state index is 0.796. The van der Waals surface area contributed by atoms with E-state index in [0.717, 1.165) is 11.2 Å². The average Bonchev–Trinajstić information content (AvgIpc) is 1.67. The first-order valence-corrected chi connectivity index (χ1v) is 5.50. The Morgan fingerprint density at radius 1 is 1.12 bits per heavy atom. The van der Waals surface area contributed by atoms with E-state index in [1.807, 2.05) is 21.6 Å². The molecule has 0 fully saturated rings. The fourth-order valence-corrected chi connectivity index (χ4v) is 2.37. The van der Waals surface area contributed by atoms with E-state index in [2.05, 4.69) is 27.0 Å². The van der Waals surface area contributed by atoms with E-state index in [0.29, 0.717) is 0 Å². The molecule has 0 aliphatic heterocycles. The van der Waals surface area contributed by atoms with Crippen LogP contribution in [0.2, 0.25) is 0 Å². The van der Waals surface area contributed by atoms with Crippen LogP contribution in [-0.2, 0) is 0 Å². The predicted molar refractivity (Wildman–Crippen MR) is 45.4 cm³/mol. The Hall–Kier alpha value is 0.700. The average molecular weight is 150 g/mol. The van der Waals surface area contributed by atoms with E-state index in [-0.39, 0.29) is 0 Å². The Balaban J connectivity index is 3.17. The van der Waals surface area contributed by atoms with Crippen molar-refractivity contribution in [2.45, 2.75) is 26.0 Å². The maximum absolute atomic E-state index is 2.27. The lowest BCUT2D eigenvalue weighted by atomic mass is 10.2. The summed E-state index contributed by atoms with van der Waals surface area (Å²) in [6, 6.07) is 0. The standard InChI is InChI=1S/C6H14S2/c1-5(2)6(3)8-7-4/h5-6H,1-4H3/t6-/m1/s1. The van der Waals surface area contributed by atoms with Gasteiger partial charge in [0.1, 0.15) is 0 Å². The summed E-state index contributed by atoms with van der Waals surface area (Å²) in [7, 11) is 3.81. The fourth-order valence-electron chi connectivity index (χ4n) is 0.263. The van der Waals surface area contributed by atoms with Crippen molar-refractivity contribution < 1.29 is 0 Å². The second-order valence-electron chi connectivity index (χ2n) is 2.21. The highest BCUT2D eigenvalue weighted by Gasteiger charge is 2.04. The van der Waals surface area contributed by atoms with Gasteiger partial charge in [-0.25, -0.2) is 0 Å². The molecule has 0 heterocycles. The quantitative estimate of drug-likeness (QED) is 0.567. The van der Waals surface area contributed by atoms with Crippen LogP contribution in [0.5, 0.6) is 0 Å². The zero-order valence-corrected chi connectivity index (χ0v) is 7.60. The molecule has 0 rings (SSSR count). The number of rotatable bonds is 3. The van der Waals surface area contributed by atoms with Gasteiger partial charge in [0.25, 0.3) is 0 Å². The van der Waals surface area contributed by atoms with Crippen LogP contribution < -0.4 is 0 Å². The molecule has 50 valence electrons. The third-order valence-electron chi connectivity index (χ3n) is 1.19. The van der Waals surface area contributed by atoms with Crippen molar-refractivity contribution in [3.05, 3.63) is 0 Å². The van der Waals surface area contributed by atoms with E-state index < -0.39 is 0 Å². The molecule has 0 nitrogen and oxygen atoms in total. The van der Waals surface area contributed by atoms with Crippen molar-refractivity contribution in [2.24, 2.45) is 5.92 Å². The van der Waals surface area contributed by atoms with Gasteiger partial charge in [-0.2, -0.15) is 0 Å². The van der Waals surface area contributed by atoms with Gasteiger partial charge in [-0.3, -0.25) is 0 Å². The molecule has 0 aromatic rings. The Kier molecular flexibility index (Phi) is 4.97. The van der Waals surface area contributed by atoms with Gasteiger partial charge in [0.05, 0.1) is 0 Å². The van der Waals surface area contributed by atoms with Gasteiger partial charge in [-0.05, 0) is 12.2 Å². The van der Waals surface area contributed by atoms with E-state index in [1.165, 1.54) is 0 Å². The van der Waals surface area contributed by atoms with E-state index in [9.17, 15) is 0 Å². The second kappa shape index (κ2) is 4.57. The lowest BCUT2D eigenvalue weighted by Crippen LogP contribution is -2.02. The summed E-state index contributed by atoms with van der Waals surface area (Å²) in [6.07, 6.45) is 2.13. The highest BCUT2D eigenvalue weighted by molar-refractivity contribution is 8.76. The monoisotopic (exact) mass is 150 g/mol. The fraction of sp³-hybridized carbons (Fsp3) is 1.00. The van der Waals surface area contributed by atoms with Crippen LogP contribution in [-0.4, -0.2) is 11.5 Å². The minimum Gasteiger partial charge on any atom is -0.0973 e. The Labute approximate surface area is 60.2 Å². The molecule has 0 aliphatic rings. The lowest BCUT2D eigenvalue weighted by Gasteiger charge is -2.11. The zero-order chi connectivity index (χ0) is 6.57. The van der Waals surface area contributed by atoms with Gasteiger partial charge in [0.2, 0.25) is 0 Å². The van der Waals surface area contributed by atoms with E-state index in [1.54, 1.807) is 0 Å². The van der Waals surface area contributed by atoms with Crippen molar-refractivity contribution in [3.63, 3.8) is 0 Å². The van der Waals surface area contributed by atoms with Crippen molar-refractivity contribution in [3.8, 4) is 0 Å². The van der Waals surface area contributed by atoms with E-state index >= 15 is 0 Å². The van der Waals surface area contributed by atoms with Crippen LogP contribution in [0.1, 0.15) is 20.8 Å². The molecule has 0 spiro atoms. The first-order valence-electron chi connectivity index (χ1n) is 2.88. The summed E-state index contributed by atoms with van der Waals surface area (Å²) in [5.74, 6) is 0.812. The molecule has 0 amide bonds. The minimum absolute atomic E-state index is 0.796. The van der Waals surface area contributed by atoms with E-state index in [4.69, 9.17) is 0 Å². The SMILES string of the molecule is CSS[C@H](C)C(C)C. The van der Waals surface area contributed by atoms with Gasteiger partial charge in [-0.15, -0.1) is 0 Å². The first-order chi connectivity index (χ1) is 3.68. The normalized spacial score (nSPS) is 14.6. The van der Waals surface area contributed by atoms with Crippen molar-refractivity contribution in [1.82, 2.24) is 0 Å². The summed E-state index contributed by atoms with van der Waals surface area (Å²) >= 11 is 0. The molecule has 2 heteroatoms. The molecule has 0 saturated heterocycles. The van der Waals surface area contributed by atoms with Crippen LogP contribution in [0.15, 0.2) is 0 Å². The van der Waals surface area contributed by atoms with Crippen LogP contribution in [0.3, 0.4) is 0 Å². The van der Waals surface area contributed by atoms with Crippen LogP contribution >= 0.6 is 21.6 Å². The second-order valence-corrected chi connectivity index (χ2v) is 5.06. The molecular formula is C6H14S2. The van der Waals surface area contributed by atoms with Crippen LogP contribution in [0.25, 0.3) is 0 Å². The van der Waals surface area contributed by atoms with Gasteiger partial charge < -0.3 is 0 Å². The maximum atomic E-state index is 2.27. The zero-order valence-electron chi connectivity index (χ0n) is 5.97. The smallest absolute Gasteiger partial charge is 0.0146 e. The molecule has 0 aliphatic carbocycles. The third kappa shape index (κ3) is 3.67. The summed E-state index contributed by atoms with van der Waals surface area (Å²) in [4.78, 5) is 0. The largest absolute Gasteiger partial charge is 0.0973 e. The number of hydrogen-bond donors (Lipinski definition) is 0. The molecular weight excluding hydrogens is 136 g/mol. The molecule has 0 aromatic heterocycles. The number of hydrogen-bond acceptors (Lipinski definition) is 2. The van der Waals surface area contributed by atoms with Crippen LogP contribution in [0.4, 0.5) is 0 Å². The summed E-state index contributed by atoms with van der Waals surface area (Å²) < 4.78 is 0. The summed E-state index contributed by atoms with van der Waals surface area (Å²) in [6.45, 7) is 6.79. The molecule has 0 aromatic carbocycles. The van der Waals surface area contributed by atoms with Crippen molar-refractivity contribution in [1.29, 1.82) is 0 Å².